The molecule has 5 unspecified atom stereocenters. The second-order valence-corrected chi connectivity index (χ2v) is 5.16. The van der Waals surface area contributed by atoms with Crippen LogP contribution in [-0.4, -0.2) is 68.7 Å². The van der Waals surface area contributed by atoms with Crippen molar-refractivity contribution in [2.45, 2.75) is 58.1 Å². The minimum atomic E-state index is -1.21. The quantitative estimate of drug-likeness (QED) is 0.361. The van der Waals surface area contributed by atoms with Crippen LogP contribution in [0.1, 0.15) is 27.7 Å². The number of carbonyl (C=O) groups excluding carboxylic acids is 4. The minimum Gasteiger partial charge on any atom is -0.463 e. The fraction of sp³-hybridized carbons (Fsp3) is 0.714. The average molecular weight is 342 g/mol. The Morgan fingerprint density at radius 3 is 1.71 bits per heavy atom. The number of hydrogen-bond acceptors (Lipinski definition) is 9. The molecule has 1 rings (SSSR count). The highest BCUT2D eigenvalue weighted by Gasteiger charge is 2.50. The van der Waals surface area contributed by atoms with Crippen LogP contribution >= 0.6 is 0 Å². The van der Waals surface area contributed by atoms with Gasteiger partial charge in [-0.25, -0.2) is 0 Å². The SMILES string of the molecule is [B]C1OC(COC(C)=O)C(OC(C)=O)C(OC(C)=O)C1OC(C)=O. The monoisotopic (exact) mass is 342 g/mol. The van der Waals surface area contributed by atoms with Gasteiger partial charge in [-0.15, -0.1) is 0 Å². The van der Waals surface area contributed by atoms with Gasteiger partial charge in [-0.1, -0.05) is 0 Å². The third-order valence-corrected chi connectivity index (χ3v) is 3.03. The van der Waals surface area contributed by atoms with Crippen LogP contribution in [0.4, 0.5) is 0 Å². The van der Waals surface area contributed by atoms with E-state index in [0.29, 0.717) is 0 Å². The van der Waals surface area contributed by atoms with Crippen LogP contribution in [0.2, 0.25) is 0 Å². The lowest BCUT2D eigenvalue weighted by Gasteiger charge is -2.43. The van der Waals surface area contributed by atoms with Crippen LogP contribution < -0.4 is 0 Å². The first-order chi connectivity index (χ1) is 11.1. The Labute approximate surface area is 140 Å². The molecule has 0 aromatic heterocycles. The molecule has 1 fully saturated rings. The zero-order valence-electron chi connectivity index (χ0n) is 13.8. The zero-order chi connectivity index (χ0) is 18.4. The second-order valence-electron chi connectivity index (χ2n) is 5.16. The molecular weight excluding hydrogens is 323 g/mol. The highest BCUT2D eigenvalue weighted by molar-refractivity contribution is 6.11. The summed E-state index contributed by atoms with van der Waals surface area (Å²) in [5, 5.41) is 0. The molecule has 9 nitrogen and oxygen atoms in total. The van der Waals surface area contributed by atoms with Gasteiger partial charge in [0.1, 0.15) is 20.6 Å². The minimum absolute atomic E-state index is 0.286. The molecule has 0 amide bonds. The summed E-state index contributed by atoms with van der Waals surface area (Å²) in [5.74, 6) is -2.66. The molecule has 2 radical (unpaired) electrons. The fourth-order valence-corrected chi connectivity index (χ4v) is 2.26. The van der Waals surface area contributed by atoms with E-state index in [0.717, 1.165) is 20.8 Å². The molecular formula is C14H19BO9. The molecule has 0 bridgehead atoms. The van der Waals surface area contributed by atoms with Crippen LogP contribution in [0.25, 0.3) is 0 Å². The summed E-state index contributed by atoms with van der Waals surface area (Å²) < 4.78 is 25.6. The third kappa shape index (κ3) is 5.84. The first-order valence-electron chi connectivity index (χ1n) is 7.18. The van der Waals surface area contributed by atoms with E-state index in [2.05, 4.69) is 0 Å². The molecule has 1 aliphatic heterocycles. The Balaban J connectivity index is 3.11. The van der Waals surface area contributed by atoms with Gasteiger partial charge in [-0.05, 0) is 0 Å². The zero-order valence-corrected chi connectivity index (χ0v) is 13.8. The summed E-state index contributed by atoms with van der Waals surface area (Å²) in [6.45, 7) is 4.32. The van der Waals surface area contributed by atoms with E-state index in [1.807, 2.05) is 0 Å². The van der Waals surface area contributed by atoms with Crippen molar-refractivity contribution in [3.63, 3.8) is 0 Å². The highest BCUT2D eigenvalue weighted by atomic mass is 16.7. The Hall–Kier alpha value is -2.10. The standard InChI is InChI=1S/C14H19BO9/c1-6(16)20-5-10-11(21-7(2)17)12(22-8(3)18)13(14(15)24-10)23-9(4)19/h10-14H,5H2,1-4H3. The Morgan fingerprint density at radius 2 is 1.25 bits per heavy atom. The molecule has 132 valence electrons. The predicted molar refractivity (Wildman–Crippen MR) is 77.7 cm³/mol. The van der Waals surface area contributed by atoms with Crippen molar-refractivity contribution < 1.29 is 42.9 Å². The summed E-state index contributed by atoms with van der Waals surface area (Å²) in [5.41, 5.74) is 0. The van der Waals surface area contributed by atoms with Crippen molar-refractivity contribution in [3.8, 4) is 0 Å². The van der Waals surface area contributed by atoms with Gasteiger partial charge in [0.25, 0.3) is 0 Å². The van der Waals surface area contributed by atoms with E-state index in [1.54, 1.807) is 0 Å². The molecule has 0 aromatic carbocycles. The smallest absolute Gasteiger partial charge is 0.303 e. The summed E-state index contributed by atoms with van der Waals surface area (Å²) in [7, 11) is 5.81. The van der Waals surface area contributed by atoms with Crippen molar-refractivity contribution in [3.05, 3.63) is 0 Å². The molecule has 24 heavy (non-hydrogen) atoms. The molecule has 1 aliphatic rings. The van der Waals surface area contributed by atoms with E-state index in [4.69, 9.17) is 31.5 Å². The molecule has 0 saturated carbocycles. The van der Waals surface area contributed by atoms with E-state index in [1.165, 1.54) is 6.92 Å². The van der Waals surface area contributed by atoms with E-state index < -0.39 is 54.3 Å². The second kappa shape index (κ2) is 8.67. The lowest BCUT2D eigenvalue weighted by Crippen LogP contribution is -2.62. The van der Waals surface area contributed by atoms with Gasteiger partial charge in [0.2, 0.25) is 0 Å². The van der Waals surface area contributed by atoms with Gasteiger partial charge in [0, 0.05) is 27.7 Å². The number of carbonyl (C=O) groups is 4. The largest absolute Gasteiger partial charge is 0.463 e. The van der Waals surface area contributed by atoms with Crippen molar-refractivity contribution in [1.82, 2.24) is 0 Å². The molecule has 0 N–H and O–H groups in total. The lowest BCUT2D eigenvalue weighted by molar-refractivity contribution is -0.239. The maximum Gasteiger partial charge on any atom is 0.303 e. The van der Waals surface area contributed by atoms with Gasteiger partial charge < -0.3 is 23.7 Å². The first-order valence-corrected chi connectivity index (χ1v) is 7.18. The predicted octanol–water partition coefficient (Wildman–Crippen LogP) is -0.762. The Morgan fingerprint density at radius 1 is 0.792 bits per heavy atom. The maximum absolute atomic E-state index is 11.4. The van der Waals surface area contributed by atoms with Crippen LogP contribution in [-0.2, 0) is 42.9 Å². The number of ether oxygens (including phenoxy) is 5. The Kier molecular flexibility index (Phi) is 7.21. The summed E-state index contributed by atoms with van der Waals surface area (Å²) in [6, 6.07) is -1.18. The van der Waals surface area contributed by atoms with Crippen molar-refractivity contribution in [2.24, 2.45) is 0 Å². The van der Waals surface area contributed by atoms with Gasteiger partial charge >= 0.3 is 23.9 Å². The third-order valence-electron chi connectivity index (χ3n) is 3.03. The topological polar surface area (TPSA) is 114 Å². The molecule has 0 spiro atoms. The highest BCUT2D eigenvalue weighted by Crippen LogP contribution is 2.27. The summed E-state index contributed by atoms with van der Waals surface area (Å²) in [4.78, 5) is 45.0. The average Bonchev–Trinajstić information content (AvgIpc) is 2.42. The summed E-state index contributed by atoms with van der Waals surface area (Å²) in [6.07, 6.45) is -4.57. The van der Waals surface area contributed by atoms with Crippen LogP contribution in [0.15, 0.2) is 0 Å². The van der Waals surface area contributed by atoms with Gasteiger partial charge in [0.15, 0.2) is 18.3 Å². The first kappa shape index (κ1) is 20.0. The van der Waals surface area contributed by atoms with E-state index >= 15 is 0 Å². The number of rotatable bonds is 5. The molecule has 0 aliphatic carbocycles. The Bertz CT molecular complexity index is 506. The van der Waals surface area contributed by atoms with Crippen LogP contribution in [0.5, 0.6) is 0 Å². The van der Waals surface area contributed by atoms with Crippen LogP contribution in [0, 0.1) is 0 Å². The molecule has 1 saturated heterocycles. The molecule has 10 heteroatoms. The van der Waals surface area contributed by atoms with Gasteiger partial charge in [0.05, 0.1) is 6.00 Å². The van der Waals surface area contributed by atoms with Crippen molar-refractivity contribution >= 4 is 31.7 Å². The van der Waals surface area contributed by atoms with Crippen LogP contribution in [0.3, 0.4) is 0 Å². The number of hydrogen-bond donors (Lipinski definition) is 0. The number of esters is 4. The van der Waals surface area contributed by atoms with Crippen molar-refractivity contribution in [1.29, 1.82) is 0 Å². The van der Waals surface area contributed by atoms with Gasteiger partial charge in [-0.2, -0.15) is 0 Å². The van der Waals surface area contributed by atoms with E-state index in [9.17, 15) is 19.2 Å². The molecule has 1 heterocycles. The summed E-state index contributed by atoms with van der Waals surface area (Å²) >= 11 is 0. The fourth-order valence-electron chi connectivity index (χ4n) is 2.26. The van der Waals surface area contributed by atoms with E-state index in [-0.39, 0.29) is 6.61 Å². The van der Waals surface area contributed by atoms with Gasteiger partial charge in [-0.3, -0.25) is 19.2 Å². The molecule has 5 atom stereocenters. The van der Waals surface area contributed by atoms with Crippen molar-refractivity contribution in [2.75, 3.05) is 6.61 Å². The lowest BCUT2D eigenvalue weighted by atomic mass is 9.84. The maximum atomic E-state index is 11.4. The molecule has 0 aromatic rings. The normalized spacial score (nSPS) is 29.2.